The lowest BCUT2D eigenvalue weighted by atomic mass is 9.97. The minimum Gasteiger partial charge on any atom is -0.463 e. The summed E-state index contributed by atoms with van der Waals surface area (Å²) < 4.78 is 42.5. The van der Waals surface area contributed by atoms with Crippen LogP contribution in [0.3, 0.4) is 0 Å². The third-order valence-electron chi connectivity index (χ3n) is 4.25. The summed E-state index contributed by atoms with van der Waals surface area (Å²) in [6.07, 6.45) is -4.23. The molecule has 1 aliphatic heterocycles. The lowest BCUT2D eigenvalue weighted by Gasteiger charge is -2.43. The standard InChI is InChI=1S/C20H34N2O12/c1-12(23)31-10-15-18(32-13(2)24)19(33-14(3)25)17(22)20(34-15)30-9-8-28-5-4-27-6-7-29-11-16(21)26/h15,17-20H,4-11,22H2,1-3H3,(H2,21,26)/t15-,17-,18+,19-,20-/m1/s1. The monoisotopic (exact) mass is 494 g/mol. The third kappa shape index (κ3) is 12.2. The number of amides is 1. The van der Waals surface area contributed by atoms with Gasteiger partial charge in [0.25, 0.3) is 0 Å². The number of rotatable bonds is 16. The fourth-order valence-corrected chi connectivity index (χ4v) is 2.92. The fraction of sp³-hybridized carbons (Fsp3) is 0.800. The summed E-state index contributed by atoms with van der Waals surface area (Å²) in [5.41, 5.74) is 11.1. The van der Waals surface area contributed by atoms with E-state index >= 15 is 0 Å². The molecule has 0 aromatic carbocycles. The zero-order valence-corrected chi connectivity index (χ0v) is 19.6. The van der Waals surface area contributed by atoms with E-state index in [1.54, 1.807) is 0 Å². The van der Waals surface area contributed by atoms with Crippen molar-refractivity contribution in [3.8, 4) is 0 Å². The third-order valence-corrected chi connectivity index (χ3v) is 4.25. The average molecular weight is 494 g/mol. The molecular weight excluding hydrogens is 460 g/mol. The first-order valence-electron chi connectivity index (χ1n) is 10.6. The Morgan fingerprint density at radius 1 is 0.765 bits per heavy atom. The molecule has 5 atom stereocenters. The van der Waals surface area contributed by atoms with Crippen molar-refractivity contribution in [2.75, 3.05) is 52.9 Å². The molecular formula is C20H34N2O12. The van der Waals surface area contributed by atoms with Gasteiger partial charge in [0.2, 0.25) is 5.91 Å². The normalized spacial score (nSPS) is 24.3. The molecule has 1 heterocycles. The Hall–Kier alpha value is -2.36. The Morgan fingerprint density at radius 2 is 1.29 bits per heavy atom. The SMILES string of the molecule is CC(=O)OC[C@H]1O[C@@H](OCCOCCOCCOCC(N)=O)[C@H](N)[C@@H](OC(C)=O)[C@H]1OC(C)=O. The Morgan fingerprint density at radius 3 is 1.82 bits per heavy atom. The molecule has 1 saturated heterocycles. The molecule has 0 bridgehead atoms. The lowest BCUT2D eigenvalue weighted by molar-refractivity contribution is -0.275. The topological polar surface area (TPSA) is 194 Å². The molecule has 196 valence electrons. The van der Waals surface area contributed by atoms with Crippen LogP contribution in [0.25, 0.3) is 0 Å². The Balaban J connectivity index is 2.50. The summed E-state index contributed by atoms with van der Waals surface area (Å²) in [6, 6.07) is -0.995. The van der Waals surface area contributed by atoms with Gasteiger partial charge in [0.15, 0.2) is 18.5 Å². The van der Waals surface area contributed by atoms with Gasteiger partial charge in [-0.3, -0.25) is 19.2 Å². The van der Waals surface area contributed by atoms with E-state index in [0.717, 1.165) is 0 Å². The number of esters is 3. The largest absolute Gasteiger partial charge is 0.463 e. The van der Waals surface area contributed by atoms with Crippen LogP contribution in [0.1, 0.15) is 20.8 Å². The number of carbonyl (C=O) groups excluding carboxylic acids is 4. The molecule has 0 saturated carbocycles. The van der Waals surface area contributed by atoms with E-state index < -0.39 is 54.5 Å². The number of nitrogens with two attached hydrogens (primary N) is 2. The minimum absolute atomic E-state index is 0.0748. The van der Waals surface area contributed by atoms with Gasteiger partial charge in [0, 0.05) is 20.8 Å². The van der Waals surface area contributed by atoms with Crippen LogP contribution in [0, 0.1) is 0 Å². The lowest BCUT2D eigenvalue weighted by Crippen LogP contribution is -2.64. The van der Waals surface area contributed by atoms with Crippen LogP contribution in [-0.4, -0.2) is 107 Å². The van der Waals surface area contributed by atoms with E-state index in [1.165, 1.54) is 20.8 Å². The summed E-state index contributed by atoms with van der Waals surface area (Å²) in [4.78, 5) is 44.9. The van der Waals surface area contributed by atoms with Crippen molar-refractivity contribution >= 4 is 23.8 Å². The van der Waals surface area contributed by atoms with Crippen molar-refractivity contribution in [1.29, 1.82) is 0 Å². The molecule has 1 aliphatic rings. The second kappa shape index (κ2) is 16.3. The minimum atomic E-state index is -1.10. The van der Waals surface area contributed by atoms with Gasteiger partial charge >= 0.3 is 17.9 Å². The summed E-state index contributed by atoms with van der Waals surface area (Å²) >= 11 is 0. The average Bonchev–Trinajstić information content (AvgIpc) is 2.74. The molecule has 1 rings (SSSR count). The molecule has 0 spiro atoms. The number of primary amides is 1. The van der Waals surface area contributed by atoms with Crippen molar-refractivity contribution in [1.82, 2.24) is 0 Å². The van der Waals surface area contributed by atoms with Gasteiger partial charge in [-0.15, -0.1) is 0 Å². The zero-order valence-electron chi connectivity index (χ0n) is 19.6. The number of hydrogen-bond donors (Lipinski definition) is 2. The van der Waals surface area contributed by atoms with E-state index in [4.69, 9.17) is 49.4 Å². The molecule has 14 nitrogen and oxygen atoms in total. The van der Waals surface area contributed by atoms with Gasteiger partial charge in [-0.25, -0.2) is 0 Å². The second-order valence-electron chi connectivity index (χ2n) is 7.19. The van der Waals surface area contributed by atoms with Crippen molar-refractivity contribution in [3.63, 3.8) is 0 Å². The van der Waals surface area contributed by atoms with Crippen molar-refractivity contribution < 1.29 is 57.1 Å². The maximum Gasteiger partial charge on any atom is 0.303 e. The number of ether oxygens (including phenoxy) is 8. The van der Waals surface area contributed by atoms with Gasteiger partial charge in [-0.1, -0.05) is 0 Å². The van der Waals surface area contributed by atoms with Crippen LogP contribution < -0.4 is 11.5 Å². The summed E-state index contributed by atoms with van der Waals surface area (Å²) in [5.74, 6) is -2.42. The number of hydrogen-bond acceptors (Lipinski definition) is 13. The Kier molecular flexibility index (Phi) is 14.2. The first-order valence-corrected chi connectivity index (χ1v) is 10.6. The molecule has 1 amide bonds. The maximum atomic E-state index is 11.6. The van der Waals surface area contributed by atoms with Crippen molar-refractivity contribution in [2.24, 2.45) is 11.5 Å². The van der Waals surface area contributed by atoms with Gasteiger partial charge in [-0.05, 0) is 0 Å². The highest BCUT2D eigenvalue weighted by Crippen LogP contribution is 2.26. The Labute approximate surface area is 197 Å². The van der Waals surface area contributed by atoms with Crippen molar-refractivity contribution in [2.45, 2.75) is 51.4 Å². The molecule has 0 unspecified atom stereocenters. The highest BCUT2D eigenvalue weighted by molar-refractivity contribution is 5.75. The van der Waals surface area contributed by atoms with Crippen LogP contribution in [-0.2, 0) is 57.1 Å². The molecule has 1 fully saturated rings. The predicted octanol–water partition coefficient (Wildman–Crippen LogP) is -1.98. The highest BCUT2D eigenvalue weighted by atomic mass is 16.7. The Bertz CT molecular complexity index is 661. The first-order chi connectivity index (χ1) is 16.1. The van der Waals surface area contributed by atoms with E-state index in [-0.39, 0.29) is 46.2 Å². The predicted molar refractivity (Wildman–Crippen MR) is 112 cm³/mol. The maximum absolute atomic E-state index is 11.6. The fourth-order valence-electron chi connectivity index (χ4n) is 2.92. The van der Waals surface area contributed by atoms with Gasteiger partial charge in [0.1, 0.15) is 19.3 Å². The van der Waals surface area contributed by atoms with Crippen LogP contribution in [0.4, 0.5) is 0 Å². The molecule has 0 aliphatic carbocycles. The van der Waals surface area contributed by atoms with Crippen LogP contribution in [0.5, 0.6) is 0 Å². The van der Waals surface area contributed by atoms with E-state index in [0.29, 0.717) is 6.61 Å². The van der Waals surface area contributed by atoms with E-state index in [2.05, 4.69) is 0 Å². The quantitative estimate of drug-likeness (QED) is 0.136. The molecule has 34 heavy (non-hydrogen) atoms. The van der Waals surface area contributed by atoms with Gasteiger partial charge < -0.3 is 49.4 Å². The summed E-state index contributed by atoms with van der Waals surface area (Å²) in [5, 5.41) is 0. The van der Waals surface area contributed by atoms with Crippen LogP contribution in [0.15, 0.2) is 0 Å². The zero-order chi connectivity index (χ0) is 25.5. The number of carbonyl (C=O) groups is 4. The van der Waals surface area contributed by atoms with Crippen molar-refractivity contribution in [3.05, 3.63) is 0 Å². The van der Waals surface area contributed by atoms with Gasteiger partial charge in [-0.2, -0.15) is 0 Å². The molecule has 14 heteroatoms. The van der Waals surface area contributed by atoms with Gasteiger partial charge in [0.05, 0.1) is 45.7 Å². The summed E-state index contributed by atoms with van der Waals surface area (Å²) in [7, 11) is 0. The second-order valence-corrected chi connectivity index (χ2v) is 7.19. The molecule has 4 N–H and O–H groups in total. The van der Waals surface area contributed by atoms with E-state index in [1.807, 2.05) is 0 Å². The first kappa shape index (κ1) is 29.7. The van der Waals surface area contributed by atoms with Crippen LogP contribution >= 0.6 is 0 Å². The highest BCUT2D eigenvalue weighted by Gasteiger charge is 2.49. The molecule has 0 aromatic rings. The van der Waals surface area contributed by atoms with Crippen LogP contribution in [0.2, 0.25) is 0 Å². The molecule has 0 radical (unpaired) electrons. The van der Waals surface area contributed by atoms with E-state index in [9.17, 15) is 19.2 Å². The summed E-state index contributed by atoms with van der Waals surface area (Å²) in [6.45, 7) is 4.47. The smallest absolute Gasteiger partial charge is 0.303 e. The molecule has 0 aromatic heterocycles.